The predicted molar refractivity (Wildman–Crippen MR) is 88.7 cm³/mol. The lowest BCUT2D eigenvalue weighted by Crippen LogP contribution is -2.08. The Morgan fingerprint density at radius 2 is 1.57 bits per heavy atom. The number of nitrogens with one attached hydrogen (secondary N) is 2. The molecule has 0 aliphatic carbocycles. The molecule has 0 aromatic heterocycles. The quantitative estimate of drug-likeness (QED) is 0.870. The van der Waals surface area contributed by atoms with Crippen molar-refractivity contribution in [1.29, 1.82) is 0 Å². The van der Waals surface area contributed by atoms with E-state index < -0.39 is 0 Å². The molecule has 0 bridgehead atoms. The summed E-state index contributed by atoms with van der Waals surface area (Å²) in [7, 11) is 0. The van der Waals surface area contributed by atoms with E-state index in [0.29, 0.717) is 0 Å². The molecule has 2 rings (SSSR count). The number of carbonyl (C=O) groups excluding carboxylic acids is 1. The minimum atomic E-state index is -0.0563. The first-order valence-electron chi connectivity index (χ1n) is 7.17. The van der Waals surface area contributed by atoms with Crippen LogP contribution in [0.4, 0.5) is 11.4 Å². The molecule has 2 aromatic carbocycles. The summed E-state index contributed by atoms with van der Waals surface area (Å²) in [6.07, 6.45) is 0. The van der Waals surface area contributed by atoms with E-state index in [4.69, 9.17) is 0 Å². The van der Waals surface area contributed by atoms with Gasteiger partial charge in [-0.25, -0.2) is 0 Å². The van der Waals surface area contributed by atoms with E-state index in [9.17, 15) is 4.79 Å². The van der Waals surface area contributed by atoms with Gasteiger partial charge < -0.3 is 10.6 Å². The fourth-order valence-corrected chi connectivity index (χ4v) is 2.22. The molecule has 21 heavy (non-hydrogen) atoms. The molecule has 0 aliphatic heterocycles. The molecule has 110 valence electrons. The Labute approximate surface area is 126 Å². The lowest BCUT2D eigenvalue weighted by Gasteiger charge is -2.17. The second kappa shape index (κ2) is 6.44. The molecular weight excluding hydrogens is 260 g/mol. The van der Waals surface area contributed by atoms with Gasteiger partial charge in [0.1, 0.15) is 0 Å². The third-order valence-electron chi connectivity index (χ3n) is 3.62. The number of hydrogen-bond donors (Lipinski definition) is 2. The van der Waals surface area contributed by atoms with Crippen molar-refractivity contribution in [1.82, 2.24) is 0 Å². The summed E-state index contributed by atoms with van der Waals surface area (Å²) >= 11 is 0. The van der Waals surface area contributed by atoms with Gasteiger partial charge in [0.05, 0.1) is 0 Å². The molecule has 0 radical (unpaired) electrons. The maximum Gasteiger partial charge on any atom is 0.221 e. The number of carbonyl (C=O) groups is 1. The highest BCUT2D eigenvalue weighted by atomic mass is 16.1. The average Bonchev–Trinajstić information content (AvgIpc) is 2.43. The predicted octanol–water partition coefficient (Wildman–Crippen LogP) is 4.43. The van der Waals surface area contributed by atoms with Gasteiger partial charge in [-0.2, -0.15) is 0 Å². The van der Waals surface area contributed by atoms with E-state index in [2.05, 4.69) is 49.6 Å². The molecule has 0 fully saturated rings. The number of benzene rings is 2. The zero-order chi connectivity index (χ0) is 15.4. The first kappa shape index (κ1) is 15.1. The van der Waals surface area contributed by atoms with Crippen molar-refractivity contribution in [3.63, 3.8) is 0 Å². The van der Waals surface area contributed by atoms with E-state index >= 15 is 0 Å². The third kappa shape index (κ3) is 4.09. The van der Waals surface area contributed by atoms with Crippen molar-refractivity contribution in [2.75, 3.05) is 10.6 Å². The Bertz CT molecular complexity index is 632. The Morgan fingerprint density at radius 3 is 2.14 bits per heavy atom. The molecular formula is C18H22N2O. The second-order valence-corrected chi connectivity index (χ2v) is 5.47. The summed E-state index contributed by atoms with van der Waals surface area (Å²) in [5.74, 6) is -0.0563. The Morgan fingerprint density at radius 1 is 0.952 bits per heavy atom. The normalized spacial score (nSPS) is 11.8. The van der Waals surface area contributed by atoms with E-state index in [1.807, 2.05) is 24.3 Å². The van der Waals surface area contributed by atoms with Crippen LogP contribution in [0.15, 0.2) is 42.5 Å². The summed E-state index contributed by atoms with van der Waals surface area (Å²) in [5, 5.41) is 6.24. The topological polar surface area (TPSA) is 41.1 Å². The molecule has 1 amide bonds. The first-order valence-corrected chi connectivity index (χ1v) is 7.17. The van der Waals surface area contributed by atoms with Crippen LogP contribution in [0.1, 0.15) is 36.6 Å². The number of amides is 1. The molecule has 0 aliphatic rings. The molecule has 1 atom stereocenters. The second-order valence-electron chi connectivity index (χ2n) is 5.47. The van der Waals surface area contributed by atoms with Crippen molar-refractivity contribution in [3.8, 4) is 0 Å². The minimum absolute atomic E-state index is 0.0563. The van der Waals surface area contributed by atoms with Crippen molar-refractivity contribution in [2.24, 2.45) is 0 Å². The smallest absolute Gasteiger partial charge is 0.221 e. The van der Waals surface area contributed by atoms with Gasteiger partial charge in [0.15, 0.2) is 0 Å². The van der Waals surface area contributed by atoms with Gasteiger partial charge >= 0.3 is 0 Å². The van der Waals surface area contributed by atoms with Gasteiger partial charge in [-0.1, -0.05) is 18.2 Å². The number of hydrogen-bond acceptors (Lipinski definition) is 2. The fraction of sp³-hybridized carbons (Fsp3) is 0.278. The standard InChI is InChI=1S/C18H22N2O/c1-12-5-6-16(11-13(12)2)14(3)19-17-7-9-18(10-8-17)20-15(4)21/h5-11,14,19H,1-4H3,(H,20,21). The largest absolute Gasteiger partial charge is 0.379 e. The highest BCUT2D eigenvalue weighted by molar-refractivity contribution is 5.88. The molecule has 2 N–H and O–H groups in total. The Kier molecular flexibility index (Phi) is 4.63. The highest BCUT2D eigenvalue weighted by Gasteiger charge is 2.06. The van der Waals surface area contributed by atoms with Crippen molar-refractivity contribution in [2.45, 2.75) is 33.7 Å². The molecule has 0 saturated carbocycles. The Hall–Kier alpha value is -2.29. The van der Waals surface area contributed by atoms with E-state index in [1.165, 1.54) is 23.6 Å². The maximum absolute atomic E-state index is 11.0. The fourth-order valence-electron chi connectivity index (χ4n) is 2.22. The van der Waals surface area contributed by atoms with Gasteiger partial charge in [0.2, 0.25) is 5.91 Å². The molecule has 1 unspecified atom stereocenters. The van der Waals surface area contributed by atoms with Crippen LogP contribution in [0.2, 0.25) is 0 Å². The van der Waals surface area contributed by atoms with Crippen LogP contribution in [-0.2, 0) is 4.79 Å². The zero-order valence-electron chi connectivity index (χ0n) is 13.0. The van der Waals surface area contributed by atoms with Crippen molar-refractivity contribution in [3.05, 3.63) is 59.2 Å². The molecule has 0 spiro atoms. The van der Waals surface area contributed by atoms with Crippen LogP contribution in [-0.4, -0.2) is 5.91 Å². The number of anilines is 2. The van der Waals surface area contributed by atoms with E-state index in [-0.39, 0.29) is 11.9 Å². The molecule has 3 heteroatoms. The lowest BCUT2D eigenvalue weighted by atomic mass is 10.0. The minimum Gasteiger partial charge on any atom is -0.379 e. The number of rotatable bonds is 4. The van der Waals surface area contributed by atoms with E-state index in [0.717, 1.165) is 11.4 Å². The highest BCUT2D eigenvalue weighted by Crippen LogP contribution is 2.22. The maximum atomic E-state index is 11.0. The first-order chi connectivity index (χ1) is 9.95. The molecule has 0 heterocycles. The summed E-state index contributed by atoms with van der Waals surface area (Å²) < 4.78 is 0. The lowest BCUT2D eigenvalue weighted by molar-refractivity contribution is -0.114. The molecule has 2 aromatic rings. The van der Waals surface area contributed by atoms with Gasteiger partial charge in [0, 0.05) is 24.3 Å². The SMILES string of the molecule is CC(=O)Nc1ccc(NC(C)c2ccc(C)c(C)c2)cc1. The summed E-state index contributed by atoms with van der Waals surface area (Å²) in [5.41, 5.74) is 5.73. The number of aryl methyl sites for hydroxylation is 2. The van der Waals surface area contributed by atoms with Crippen LogP contribution in [0, 0.1) is 13.8 Å². The van der Waals surface area contributed by atoms with Crippen LogP contribution >= 0.6 is 0 Å². The van der Waals surface area contributed by atoms with Crippen LogP contribution < -0.4 is 10.6 Å². The van der Waals surface area contributed by atoms with Gasteiger partial charge in [-0.05, 0) is 61.7 Å². The molecule has 3 nitrogen and oxygen atoms in total. The Balaban J connectivity index is 2.06. The van der Waals surface area contributed by atoms with Crippen LogP contribution in [0.5, 0.6) is 0 Å². The monoisotopic (exact) mass is 282 g/mol. The average molecular weight is 282 g/mol. The van der Waals surface area contributed by atoms with Gasteiger partial charge in [-0.3, -0.25) is 4.79 Å². The van der Waals surface area contributed by atoms with Crippen LogP contribution in [0.3, 0.4) is 0 Å². The third-order valence-corrected chi connectivity index (χ3v) is 3.62. The van der Waals surface area contributed by atoms with Crippen LogP contribution in [0.25, 0.3) is 0 Å². The summed E-state index contributed by atoms with van der Waals surface area (Å²) in [6.45, 7) is 7.91. The van der Waals surface area contributed by atoms with Gasteiger partial charge in [-0.15, -0.1) is 0 Å². The summed E-state index contributed by atoms with van der Waals surface area (Å²) in [4.78, 5) is 11.0. The zero-order valence-corrected chi connectivity index (χ0v) is 13.0. The van der Waals surface area contributed by atoms with Crippen molar-refractivity contribution < 1.29 is 4.79 Å². The van der Waals surface area contributed by atoms with Gasteiger partial charge in [0.25, 0.3) is 0 Å². The molecule has 0 saturated heterocycles. The van der Waals surface area contributed by atoms with E-state index in [1.54, 1.807) is 0 Å². The van der Waals surface area contributed by atoms with Crippen molar-refractivity contribution >= 4 is 17.3 Å². The summed E-state index contributed by atoms with van der Waals surface area (Å²) in [6, 6.07) is 14.5.